The van der Waals surface area contributed by atoms with E-state index in [1.807, 2.05) is 30.3 Å². The Labute approximate surface area is 121 Å². The van der Waals surface area contributed by atoms with Crippen LogP contribution in [0.3, 0.4) is 0 Å². The molecule has 4 nitrogen and oxygen atoms in total. The Morgan fingerprint density at radius 2 is 1.55 bits per heavy atom. The van der Waals surface area contributed by atoms with Crippen molar-refractivity contribution in [2.45, 2.75) is 6.42 Å². The van der Waals surface area contributed by atoms with E-state index in [9.17, 15) is 9.59 Å². The lowest BCUT2D eigenvalue weighted by Crippen LogP contribution is -2.42. The zero-order valence-corrected chi connectivity index (χ0v) is 11.4. The van der Waals surface area contributed by atoms with Gasteiger partial charge >= 0.3 is 0 Å². The van der Waals surface area contributed by atoms with Crippen molar-refractivity contribution in [3.63, 3.8) is 0 Å². The van der Waals surface area contributed by atoms with Gasteiger partial charge in [-0.15, -0.1) is 0 Å². The SMILES string of the molecule is O=C(Cc1ccccc1)NNC(=O)c1ccccc1Cl. The van der Waals surface area contributed by atoms with E-state index in [1.165, 1.54) is 0 Å². The molecule has 0 aliphatic carbocycles. The summed E-state index contributed by atoms with van der Waals surface area (Å²) < 4.78 is 0. The molecule has 0 radical (unpaired) electrons. The first-order valence-corrected chi connectivity index (χ1v) is 6.42. The number of rotatable bonds is 3. The molecule has 2 N–H and O–H groups in total. The molecule has 20 heavy (non-hydrogen) atoms. The van der Waals surface area contributed by atoms with Crippen molar-refractivity contribution in [3.05, 3.63) is 70.7 Å². The number of hydrazine groups is 1. The fourth-order valence-electron chi connectivity index (χ4n) is 1.66. The molecule has 0 aliphatic heterocycles. The average molecular weight is 289 g/mol. The highest BCUT2D eigenvalue weighted by atomic mass is 35.5. The standard InChI is InChI=1S/C15H13ClN2O2/c16-13-9-5-4-8-12(13)15(20)18-17-14(19)10-11-6-2-1-3-7-11/h1-9H,10H2,(H,17,19)(H,18,20). The van der Waals surface area contributed by atoms with Gasteiger partial charge in [-0.3, -0.25) is 20.4 Å². The van der Waals surface area contributed by atoms with Crippen molar-refractivity contribution >= 4 is 23.4 Å². The third-order valence-corrected chi connectivity index (χ3v) is 2.97. The Hall–Kier alpha value is -2.33. The van der Waals surface area contributed by atoms with Gasteiger partial charge in [-0.2, -0.15) is 0 Å². The van der Waals surface area contributed by atoms with Crippen LogP contribution in [0.4, 0.5) is 0 Å². The number of halogens is 1. The van der Waals surface area contributed by atoms with Crippen LogP contribution >= 0.6 is 11.6 Å². The van der Waals surface area contributed by atoms with Crippen molar-refractivity contribution in [1.29, 1.82) is 0 Å². The minimum atomic E-state index is -0.447. The van der Waals surface area contributed by atoms with E-state index in [4.69, 9.17) is 11.6 Å². The lowest BCUT2D eigenvalue weighted by atomic mass is 10.1. The molecule has 0 bridgehead atoms. The van der Waals surface area contributed by atoms with E-state index < -0.39 is 5.91 Å². The Kier molecular flexibility index (Phi) is 4.74. The third-order valence-electron chi connectivity index (χ3n) is 2.64. The fraction of sp³-hybridized carbons (Fsp3) is 0.0667. The predicted octanol–water partition coefficient (Wildman–Crippen LogP) is 2.34. The van der Waals surface area contributed by atoms with Crippen LogP contribution in [0.5, 0.6) is 0 Å². The monoisotopic (exact) mass is 288 g/mol. The molecular weight excluding hydrogens is 276 g/mol. The molecule has 0 fully saturated rings. The number of hydrogen-bond acceptors (Lipinski definition) is 2. The second kappa shape index (κ2) is 6.73. The molecule has 0 saturated heterocycles. The van der Waals surface area contributed by atoms with Crippen LogP contribution in [0.15, 0.2) is 54.6 Å². The van der Waals surface area contributed by atoms with Crippen LogP contribution in [0.2, 0.25) is 5.02 Å². The number of amides is 2. The first-order chi connectivity index (χ1) is 9.66. The van der Waals surface area contributed by atoms with Gasteiger partial charge in [0.2, 0.25) is 5.91 Å². The molecule has 0 heterocycles. The third kappa shape index (κ3) is 3.83. The van der Waals surface area contributed by atoms with Crippen LogP contribution in [-0.2, 0) is 11.2 Å². The zero-order valence-electron chi connectivity index (χ0n) is 10.6. The van der Waals surface area contributed by atoms with Gasteiger partial charge in [0.15, 0.2) is 0 Å². The second-order valence-electron chi connectivity index (χ2n) is 4.14. The van der Waals surface area contributed by atoms with Crippen molar-refractivity contribution in [2.24, 2.45) is 0 Å². The maximum absolute atomic E-state index is 11.8. The second-order valence-corrected chi connectivity index (χ2v) is 4.55. The highest BCUT2D eigenvalue weighted by Crippen LogP contribution is 2.14. The minimum Gasteiger partial charge on any atom is -0.273 e. The largest absolute Gasteiger partial charge is 0.273 e. The Morgan fingerprint density at radius 3 is 2.25 bits per heavy atom. The average Bonchev–Trinajstić information content (AvgIpc) is 2.46. The van der Waals surface area contributed by atoms with Gasteiger partial charge in [0.1, 0.15) is 0 Å². The van der Waals surface area contributed by atoms with Gasteiger partial charge in [0, 0.05) is 0 Å². The summed E-state index contributed by atoms with van der Waals surface area (Å²) in [5.41, 5.74) is 5.88. The number of carbonyl (C=O) groups is 2. The summed E-state index contributed by atoms with van der Waals surface area (Å²) in [6.07, 6.45) is 0.198. The first-order valence-electron chi connectivity index (χ1n) is 6.04. The summed E-state index contributed by atoms with van der Waals surface area (Å²) in [6.45, 7) is 0. The number of carbonyl (C=O) groups excluding carboxylic acids is 2. The number of nitrogens with one attached hydrogen (secondary N) is 2. The topological polar surface area (TPSA) is 58.2 Å². The molecule has 2 amide bonds. The molecular formula is C15H13ClN2O2. The minimum absolute atomic E-state index is 0.198. The van der Waals surface area contributed by atoms with Crippen molar-refractivity contribution in [1.82, 2.24) is 10.9 Å². The smallest absolute Gasteiger partial charge is 0.271 e. The molecule has 0 aromatic heterocycles. The van der Waals surface area contributed by atoms with E-state index in [2.05, 4.69) is 10.9 Å². The molecule has 2 aromatic rings. The lowest BCUT2D eigenvalue weighted by Gasteiger charge is -2.08. The molecule has 0 spiro atoms. The van der Waals surface area contributed by atoms with Gasteiger partial charge in [-0.05, 0) is 17.7 Å². The first kappa shape index (κ1) is 14.1. The summed E-state index contributed by atoms with van der Waals surface area (Å²) in [4.78, 5) is 23.5. The van der Waals surface area contributed by atoms with Gasteiger partial charge < -0.3 is 0 Å². The van der Waals surface area contributed by atoms with E-state index in [0.717, 1.165) is 5.56 Å². The van der Waals surface area contributed by atoms with Gasteiger partial charge in [0.05, 0.1) is 17.0 Å². The molecule has 102 valence electrons. The number of benzene rings is 2. The van der Waals surface area contributed by atoms with Crippen molar-refractivity contribution < 1.29 is 9.59 Å². The highest BCUT2D eigenvalue weighted by Gasteiger charge is 2.10. The van der Waals surface area contributed by atoms with E-state index in [-0.39, 0.29) is 12.3 Å². The van der Waals surface area contributed by atoms with Gasteiger partial charge in [-0.25, -0.2) is 0 Å². The van der Waals surface area contributed by atoms with Crippen LogP contribution in [0.25, 0.3) is 0 Å². The summed E-state index contributed by atoms with van der Waals surface area (Å²) in [5.74, 6) is -0.742. The Balaban J connectivity index is 1.88. The Bertz CT molecular complexity index is 614. The van der Waals surface area contributed by atoms with E-state index in [1.54, 1.807) is 24.3 Å². The van der Waals surface area contributed by atoms with Crippen molar-refractivity contribution in [3.8, 4) is 0 Å². The molecule has 2 aromatic carbocycles. The van der Waals surface area contributed by atoms with E-state index >= 15 is 0 Å². The normalized spacial score (nSPS) is 9.85. The van der Waals surface area contributed by atoms with E-state index in [0.29, 0.717) is 10.6 Å². The zero-order chi connectivity index (χ0) is 14.4. The molecule has 2 rings (SSSR count). The molecule has 0 saturated carbocycles. The van der Waals surface area contributed by atoms with Gasteiger partial charge in [0.25, 0.3) is 5.91 Å². The van der Waals surface area contributed by atoms with Crippen LogP contribution in [-0.4, -0.2) is 11.8 Å². The Morgan fingerprint density at radius 1 is 0.900 bits per heavy atom. The van der Waals surface area contributed by atoms with Crippen molar-refractivity contribution in [2.75, 3.05) is 0 Å². The molecule has 0 atom stereocenters. The summed E-state index contributed by atoms with van der Waals surface area (Å²) >= 11 is 5.89. The summed E-state index contributed by atoms with van der Waals surface area (Å²) in [7, 11) is 0. The fourth-order valence-corrected chi connectivity index (χ4v) is 1.89. The maximum atomic E-state index is 11.8. The maximum Gasteiger partial charge on any atom is 0.271 e. The van der Waals surface area contributed by atoms with Crippen LogP contribution in [0.1, 0.15) is 15.9 Å². The molecule has 0 aliphatic rings. The van der Waals surface area contributed by atoms with Crippen LogP contribution < -0.4 is 10.9 Å². The lowest BCUT2D eigenvalue weighted by molar-refractivity contribution is -0.121. The van der Waals surface area contributed by atoms with Crippen LogP contribution in [0, 0.1) is 0 Å². The number of hydrogen-bond donors (Lipinski definition) is 2. The van der Waals surface area contributed by atoms with Gasteiger partial charge in [-0.1, -0.05) is 54.1 Å². The highest BCUT2D eigenvalue weighted by molar-refractivity contribution is 6.33. The molecule has 5 heteroatoms. The summed E-state index contributed by atoms with van der Waals surface area (Å²) in [6, 6.07) is 15.9. The summed E-state index contributed by atoms with van der Waals surface area (Å²) in [5, 5.41) is 0.335. The predicted molar refractivity (Wildman–Crippen MR) is 77.2 cm³/mol. The molecule has 0 unspecified atom stereocenters. The quantitative estimate of drug-likeness (QED) is 0.852.